The van der Waals surface area contributed by atoms with Gasteiger partial charge in [-0.25, -0.2) is 13.7 Å². The normalized spacial score (nSPS) is 9.18. The van der Waals surface area contributed by atoms with Crippen molar-refractivity contribution < 1.29 is 4.79 Å². The Hall–Kier alpha value is -1.10. The van der Waals surface area contributed by atoms with Crippen LogP contribution in [0.3, 0.4) is 0 Å². The van der Waals surface area contributed by atoms with Crippen molar-refractivity contribution in [1.82, 2.24) is 4.98 Å². The number of rotatable bonds is 1. The van der Waals surface area contributed by atoms with Crippen LogP contribution in [0.5, 0.6) is 0 Å². The standard InChI is InChI=1S/C6H6BrN3O/c7-10(6(8)11)5-3-1-2-4-9-5/h1-4H,(H2,8,11). The second kappa shape index (κ2) is 3.34. The van der Waals surface area contributed by atoms with Gasteiger partial charge in [0.25, 0.3) is 0 Å². The molecule has 0 aromatic carbocycles. The summed E-state index contributed by atoms with van der Waals surface area (Å²) in [4.78, 5) is 14.4. The van der Waals surface area contributed by atoms with Gasteiger partial charge >= 0.3 is 6.03 Å². The summed E-state index contributed by atoms with van der Waals surface area (Å²) in [6, 6.07) is 4.59. The van der Waals surface area contributed by atoms with Crippen molar-refractivity contribution in [1.29, 1.82) is 0 Å². The van der Waals surface area contributed by atoms with Crippen LogP contribution in [0.1, 0.15) is 0 Å². The Morgan fingerprint density at radius 2 is 2.36 bits per heavy atom. The highest BCUT2D eigenvalue weighted by molar-refractivity contribution is 9.10. The zero-order chi connectivity index (χ0) is 8.27. The smallest absolute Gasteiger partial charge is 0.330 e. The zero-order valence-electron chi connectivity index (χ0n) is 5.57. The van der Waals surface area contributed by atoms with Gasteiger partial charge in [-0.05, 0) is 12.1 Å². The average Bonchev–Trinajstić information content (AvgIpc) is 2.05. The molecule has 2 N–H and O–H groups in total. The Labute approximate surface area is 72.4 Å². The summed E-state index contributed by atoms with van der Waals surface area (Å²) in [7, 11) is 0. The fraction of sp³-hybridized carbons (Fsp3) is 0. The number of aromatic nitrogens is 1. The van der Waals surface area contributed by atoms with Gasteiger partial charge in [-0.2, -0.15) is 0 Å². The number of carbonyl (C=O) groups is 1. The number of anilines is 1. The van der Waals surface area contributed by atoms with Gasteiger partial charge in [0.1, 0.15) is 5.82 Å². The third-order valence-electron chi connectivity index (χ3n) is 1.04. The molecule has 11 heavy (non-hydrogen) atoms. The van der Waals surface area contributed by atoms with Crippen molar-refractivity contribution in [3.63, 3.8) is 0 Å². The van der Waals surface area contributed by atoms with Crippen LogP contribution in [0.15, 0.2) is 24.4 Å². The summed E-state index contributed by atoms with van der Waals surface area (Å²) >= 11 is 2.95. The number of primary amides is 1. The molecule has 0 unspecified atom stereocenters. The molecule has 1 aromatic rings. The van der Waals surface area contributed by atoms with E-state index in [1.54, 1.807) is 24.4 Å². The van der Waals surface area contributed by atoms with E-state index in [9.17, 15) is 4.79 Å². The summed E-state index contributed by atoms with van der Waals surface area (Å²) in [6.07, 6.45) is 1.58. The largest absolute Gasteiger partial charge is 0.350 e. The predicted octanol–water partition coefficient (Wildman–Crippen LogP) is 1.28. The number of nitrogens with two attached hydrogens (primary N) is 1. The molecule has 0 bridgehead atoms. The molecule has 1 heterocycles. The van der Waals surface area contributed by atoms with Crippen LogP contribution in [0.25, 0.3) is 0 Å². The van der Waals surface area contributed by atoms with Gasteiger partial charge in [-0.3, -0.25) is 0 Å². The second-order valence-corrected chi connectivity index (χ2v) is 2.52. The monoisotopic (exact) mass is 215 g/mol. The molecule has 0 saturated carbocycles. The van der Waals surface area contributed by atoms with E-state index in [0.717, 1.165) is 3.93 Å². The quantitative estimate of drug-likeness (QED) is 0.718. The number of nitrogens with zero attached hydrogens (tertiary/aromatic N) is 2. The van der Waals surface area contributed by atoms with Crippen molar-refractivity contribution >= 4 is 28.0 Å². The Kier molecular flexibility index (Phi) is 2.43. The first-order chi connectivity index (χ1) is 5.22. The SMILES string of the molecule is NC(=O)N(Br)c1ccccn1. The van der Waals surface area contributed by atoms with Crippen LogP contribution in [0.2, 0.25) is 0 Å². The molecule has 4 nitrogen and oxygen atoms in total. The number of amides is 2. The van der Waals surface area contributed by atoms with Crippen molar-refractivity contribution in [3.8, 4) is 0 Å². The van der Waals surface area contributed by atoms with Gasteiger partial charge in [0.2, 0.25) is 0 Å². The van der Waals surface area contributed by atoms with Gasteiger partial charge in [0, 0.05) is 6.20 Å². The first kappa shape index (κ1) is 8.00. The third kappa shape index (κ3) is 1.91. The van der Waals surface area contributed by atoms with Crippen molar-refractivity contribution in [2.75, 3.05) is 3.93 Å². The van der Waals surface area contributed by atoms with Gasteiger partial charge in [-0.15, -0.1) is 0 Å². The minimum Gasteiger partial charge on any atom is -0.350 e. The molecule has 2 amide bonds. The predicted molar refractivity (Wildman–Crippen MR) is 45.2 cm³/mol. The highest BCUT2D eigenvalue weighted by atomic mass is 79.9. The lowest BCUT2D eigenvalue weighted by Gasteiger charge is -2.08. The number of halogens is 1. The van der Waals surface area contributed by atoms with E-state index in [0.29, 0.717) is 5.82 Å². The summed E-state index contributed by atoms with van der Waals surface area (Å²) < 4.78 is 1.09. The van der Waals surface area contributed by atoms with Gasteiger partial charge in [0.15, 0.2) is 0 Å². The Balaban J connectivity index is 2.85. The Morgan fingerprint density at radius 1 is 1.64 bits per heavy atom. The fourth-order valence-corrected chi connectivity index (χ4v) is 0.793. The number of pyridine rings is 1. The molecule has 0 aliphatic heterocycles. The van der Waals surface area contributed by atoms with Crippen LogP contribution < -0.4 is 9.66 Å². The molecular formula is C6H6BrN3O. The summed E-state index contributed by atoms with van der Waals surface area (Å²) in [6.45, 7) is 0. The average molecular weight is 216 g/mol. The van der Waals surface area contributed by atoms with Crippen LogP contribution in [0.4, 0.5) is 10.6 Å². The molecule has 1 rings (SSSR count). The lowest BCUT2D eigenvalue weighted by atomic mass is 10.5. The number of urea groups is 1. The molecule has 5 heteroatoms. The van der Waals surface area contributed by atoms with Crippen LogP contribution >= 0.6 is 16.1 Å². The topological polar surface area (TPSA) is 59.2 Å². The summed E-state index contributed by atoms with van der Waals surface area (Å²) in [5.41, 5.74) is 4.97. The van der Waals surface area contributed by atoms with Crippen molar-refractivity contribution in [2.45, 2.75) is 0 Å². The van der Waals surface area contributed by atoms with E-state index in [-0.39, 0.29) is 0 Å². The molecule has 58 valence electrons. The first-order valence-corrected chi connectivity index (χ1v) is 3.59. The maximum atomic E-state index is 10.6. The third-order valence-corrected chi connectivity index (χ3v) is 1.76. The van der Waals surface area contributed by atoms with Gasteiger partial charge in [-0.1, -0.05) is 6.07 Å². The molecule has 1 aromatic heterocycles. The molecule has 0 aliphatic rings. The zero-order valence-corrected chi connectivity index (χ0v) is 7.15. The fourth-order valence-electron chi connectivity index (χ4n) is 0.583. The molecule has 0 atom stereocenters. The van der Waals surface area contributed by atoms with Crippen molar-refractivity contribution in [3.05, 3.63) is 24.4 Å². The molecule has 0 fully saturated rings. The van der Waals surface area contributed by atoms with Crippen LogP contribution in [0, 0.1) is 0 Å². The van der Waals surface area contributed by atoms with E-state index in [1.165, 1.54) is 0 Å². The Morgan fingerprint density at radius 3 is 2.82 bits per heavy atom. The van der Waals surface area contributed by atoms with Gasteiger partial charge in [0.05, 0.1) is 16.1 Å². The highest BCUT2D eigenvalue weighted by Crippen LogP contribution is 2.12. The molecule has 0 aliphatic carbocycles. The van der Waals surface area contributed by atoms with Crippen LogP contribution in [-0.4, -0.2) is 11.0 Å². The summed E-state index contributed by atoms with van der Waals surface area (Å²) in [5.74, 6) is 0.472. The van der Waals surface area contributed by atoms with Crippen LogP contribution in [-0.2, 0) is 0 Å². The van der Waals surface area contributed by atoms with E-state index in [1.807, 2.05) is 0 Å². The molecule has 0 radical (unpaired) electrons. The number of hydrogen-bond donors (Lipinski definition) is 1. The molecule has 0 saturated heterocycles. The van der Waals surface area contributed by atoms with Crippen molar-refractivity contribution in [2.24, 2.45) is 5.73 Å². The van der Waals surface area contributed by atoms with Gasteiger partial charge < -0.3 is 5.73 Å². The maximum absolute atomic E-state index is 10.6. The minimum absolute atomic E-state index is 0.472. The minimum atomic E-state index is -0.594. The lowest BCUT2D eigenvalue weighted by Crippen LogP contribution is -2.27. The maximum Gasteiger partial charge on any atom is 0.330 e. The van der Waals surface area contributed by atoms with E-state index in [4.69, 9.17) is 5.73 Å². The summed E-state index contributed by atoms with van der Waals surface area (Å²) in [5, 5.41) is 0. The highest BCUT2D eigenvalue weighted by Gasteiger charge is 2.07. The Bertz CT molecular complexity index is 251. The lowest BCUT2D eigenvalue weighted by molar-refractivity contribution is 0.257. The number of hydrogen-bond acceptors (Lipinski definition) is 2. The van der Waals surface area contributed by atoms with E-state index in [2.05, 4.69) is 21.1 Å². The van der Waals surface area contributed by atoms with E-state index < -0.39 is 6.03 Å². The number of carbonyl (C=O) groups excluding carboxylic acids is 1. The molecular weight excluding hydrogens is 210 g/mol. The van der Waals surface area contributed by atoms with E-state index >= 15 is 0 Å². The second-order valence-electron chi connectivity index (χ2n) is 1.81. The molecule has 0 spiro atoms. The first-order valence-electron chi connectivity index (χ1n) is 2.88.